The highest BCUT2D eigenvalue weighted by Gasteiger charge is 2.14. The lowest BCUT2D eigenvalue weighted by Crippen LogP contribution is -1.94. The lowest BCUT2D eigenvalue weighted by Gasteiger charge is -2.07. The highest BCUT2D eigenvalue weighted by Crippen LogP contribution is 2.34. The van der Waals surface area contributed by atoms with E-state index in [9.17, 15) is 0 Å². The Balaban J connectivity index is 3.13. The van der Waals surface area contributed by atoms with Crippen LogP contribution >= 0.6 is 22.5 Å². The van der Waals surface area contributed by atoms with E-state index in [0.717, 1.165) is 5.69 Å². The minimum atomic E-state index is 0.419. The Morgan fingerprint density at radius 3 is 2.42 bits per heavy atom. The summed E-state index contributed by atoms with van der Waals surface area (Å²) < 4.78 is 1.92. The molecule has 1 aromatic rings. The summed E-state index contributed by atoms with van der Waals surface area (Å²) in [4.78, 5) is 0. The molecule has 12 heavy (non-hydrogen) atoms. The molecule has 0 amide bonds. The van der Waals surface area contributed by atoms with Crippen LogP contribution in [-0.2, 0) is 7.05 Å². The second kappa shape index (κ2) is 3.75. The molecule has 0 aromatic carbocycles. The molecule has 0 N–H and O–H groups in total. The van der Waals surface area contributed by atoms with Crippen molar-refractivity contribution in [3.63, 3.8) is 0 Å². The van der Waals surface area contributed by atoms with Crippen LogP contribution in [0.2, 0.25) is 0 Å². The fraction of sp³-hybridized carbons (Fsp3) is 0.625. The number of nitrogens with zero attached hydrogens (tertiary/aromatic N) is 2. The number of rotatable bonds is 2. The predicted molar refractivity (Wildman–Crippen MR) is 57.7 cm³/mol. The molecule has 0 spiro atoms. The van der Waals surface area contributed by atoms with Crippen molar-refractivity contribution < 1.29 is 0 Å². The van der Waals surface area contributed by atoms with Gasteiger partial charge in [0, 0.05) is 23.6 Å². The van der Waals surface area contributed by atoms with Crippen LogP contribution in [0.4, 0.5) is 0 Å². The second-order valence-electron chi connectivity index (χ2n) is 2.96. The third-order valence-corrected chi connectivity index (χ3v) is 3.63. The predicted octanol–water partition coefficient (Wildman–Crippen LogP) is 2.68. The van der Waals surface area contributed by atoms with Crippen molar-refractivity contribution in [1.29, 1.82) is 0 Å². The van der Waals surface area contributed by atoms with E-state index >= 15 is 0 Å². The largest absolute Gasteiger partial charge is 0.272 e. The summed E-state index contributed by atoms with van der Waals surface area (Å²) in [6.45, 7) is 6.29. The van der Waals surface area contributed by atoms with Crippen LogP contribution in [0.3, 0.4) is 0 Å². The first-order chi connectivity index (χ1) is 5.57. The quantitative estimate of drug-likeness (QED) is 0.587. The van der Waals surface area contributed by atoms with Gasteiger partial charge in [0.05, 0.1) is 5.69 Å². The van der Waals surface area contributed by atoms with Gasteiger partial charge in [-0.3, -0.25) is 4.68 Å². The zero-order valence-electron chi connectivity index (χ0n) is 7.83. The minimum Gasteiger partial charge on any atom is -0.272 e. The summed E-state index contributed by atoms with van der Waals surface area (Å²) in [7, 11) is 3.53. The smallest absolute Gasteiger partial charge is 0.0639 e. The number of hydrogen-bond acceptors (Lipinski definition) is 3. The van der Waals surface area contributed by atoms with Gasteiger partial charge in [-0.2, -0.15) is 5.10 Å². The molecule has 1 unspecified atom stereocenters. The van der Waals surface area contributed by atoms with Crippen molar-refractivity contribution in [2.45, 2.75) is 26.0 Å². The van der Waals surface area contributed by atoms with Gasteiger partial charge in [-0.25, -0.2) is 0 Å². The van der Waals surface area contributed by atoms with Gasteiger partial charge in [-0.15, -0.1) is 11.7 Å². The van der Waals surface area contributed by atoms with E-state index < -0.39 is 0 Å². The first kappa shape index (κ1) is 9.99. The fourth-order valence-electron chi connectivity index (χ4n) is 1.43. The van der Waals surface area contributed by atoms with Crippen LogP contribution in [0.5, 0.6) is 0 Å². The van der Waals surface area contributed by atoms with Crippen molar-refractivity contribution in [1.82, 2.24) is 9.78 Å². The average molecular weight is 202 g/mol. The third kappa shape index (κ3) is 1.64. The van der Waals surface area contributed by atoms with E-state index in [4.69, 9.17) is 0 Å². The van der Waals surface area contributed by atoms with Gasteiger partial charge in [0.2, 0.25) is 0 Å². The molecule has 0 radical (unpaired) electrons. The lowest BCUT2D eigenvalue weighted by molar-refractivity contribution is 0.730. The molecule has 0 aliphatic rings. The zero-order chi connectivity index (χ0) is 9.30. The van der Waals surface area contributed by atoms with E-state index in [-0.39, 0.29) is 0 Å². The normalized spacial score (nSPS) is 13.4. The summed E-state index contributed by atoms with van der Waals surface area (Å²) >= 11 is 4.21. The van der Waals surface area contributed by atoms with Crippen molar-refractivity contribution in [2.24, 2.45) is 7.05 Å². The van der Waals surface area contributed by atoms with E-state index in [1.54, 1.807) is 10.8 Å². The van der Waals surface area contributed by atoms with E-state index in [1.807, 2.05) is 18.7 Å². The number of hydrogen-bond donors (Lipinski definition) is 1. The fourth-order valence-corrected chi connectivity index (χ4v) is 2.19. The van der Waals surface area contributed by atoms with Gasteiger partial charge in [-0.1, -0.05) is 10.8 Å². The monoisotopic (exact) mass is 202 g/mol. The second-order valence-corrected chi connectivity index (χ2v) is 4.51. The maximum atomic E-state index is 4.35. The molecule has 1 atom stereocenters. The zero-order valence-corrected chi connectivity index (χ0v) is 9.54. The van der Waals surface area contributed by atoms with Crippen molar-refractivity contribution in [2.75, 3.05) is 0 Å². The number of aromatic nitrogens is 2. The van der Waals surface area contributed by atoms with Crippen LogP contribution in [-0.4, -0.2) is 9.78 Å². The maximum absolute atomic E-state index is 4.35. The molecule has 0 saturated carbocycles. The van der Waals surface area contributed by atoms with Gasteiger partial charge in [0.25, 0.3) is 0 Å². The molecule has 1 rings (SSSR count). The van der Waals surface area contributed by atoms with Crippen molar-refractivity contribution >= 4 is 22.5 Å². The molecule has 0 bridgehead atoms. The van der Waals surface area contributed by atoms with Gasteiger partial charge >= 0.3 is 0 Å². The summed E-state index contributed by atoms with van der Waals surface area (Å²) in [6.07, 6.45) is 0. The van der Waals surface area contributed by atoms with E-state index in [1.165, 1.54) is 11.3 Å². The minimum absolute atomic E-state index is 0.419. The van der Waals surface area contributed by atoms with Crippen LogP contribution in [0.25, 0.3) is 0 Å². The van der Waals surface area contributed by atoms with Gasteiger partial charge in [0.15, 0.2) is 0 Å². The molecule has 1 aromatic heterocycles. The Bertz CT molecular complexity index is 281. The summed E-state index contributed by atoms with van der Waals surface area (Å²) in [5.74, 6) is 0. The Kier molecular flexibility index (Phi) is 3.12. The standard InChI is InChI=1S/C8H14N2S2/c1-5-8(7(3)12-11)6(2)10(4)9-5/h7,11H,1-4H3. The summed E-state index contributed by atoms with van der Waals surface area (Å²) in [6, 6.07) is 0. The molecular formula is C8H14N2S2. The number of thiol groups is 1. The highest BCUT2D eigenvalue weighted by molar-refractivity contribution is 8.68. The average Bonchev–Trinajstić information content (AvgIpc) is 2.26. The molecule has 0 aliphatic carbocycles. The molecular weight excluding hydrogens is 188 g/mol. The maximum Gasteiger partial charge on any atom is 0.0639 e. The molecule has 0 saturated heterocycles. The van der Waals surface area contributed by atoms with Gasteiger partial charge in [-0.05, 0) is 20.8 Å². The molecule has 4 heteroatoms. The Hall–Kier alpha value is -0.0900. The van der Waals surface area contributed by atoms with Crippen molar-refractivity contribution in [3.8, 4) is 0 Å². The molecule has 1 heterocycles. The van der Waals surface area contributed by atoms with E-state index in [2.05, 4.69) is 30.6 Å². The third-order valence-electron chi connectivity index (χ3n) is 2.13. The van der Waals surface area contributed by atoms with Gasteiger partial charge in [0.1, 0.15) is 0 Å². The Labute approximate surface area is 82.5 Å². The number of aryl methyl sites for hydroxylation is 2. The molecule has 2 nitrogen and oxygen atoms in total. The molecule has 0 aliphatic heterocycles. The Morgan fingerprint density at radius 2 is 2.08 bits per heavy atom. The Morgan fingerprint density at radius 1 is 1.50 bits per heavy atom. The first-order valence-electron chi connectivity index (χ1n) is 3.88. The summed E-state index contributed by atoms with van der Waals surface area (Å²) in [5.41, 5.74) is 3.67. The van der Waals surface area contributed by atoms with Crippen LogP contribution in [0.1, 0.15) is 29.1 Å². The lowest BCUT2D eigenvalue weighted by atomic mass is 10.1. The first-order valence-corrected chi connectivity index (χ1v) is 5.81. The van der Waals surface area contributed by atoms with Crippen molar-refractivity contribution in [3.05, 3.63) is 17.0 Å². The topological polar surface area (TPSA) is 17.8 Å². The summed E-state index contributed by atoms with van der Waals surface area (Å²) in [5, 5.41) is 4.77. The van der Waals surface area contributed by atoms with E-state index in [0.29, 0.717) is 5.25 Å². The SMILES string of the molecule is Cc1nn(C)c(C)c1C(C)SS. The molecule has 68 valence electrons. The highest BCUT2D eigenvalue weighted by atomic mass is 33.1. The van der Waals surface area contributed by atoms with Gasteiger partial charge < -0.3 is 0 Å². The van der Waals surface area contributed by atoms with Crippen LogP contribution in [0, 0.1) is 13.8 Å². The van der Waals surface area contributed by atoms with Crippen LogP contribution < -0.4 is 0 Å². The van der Waals surface area contributed by atoms with Crippen LogP contribution in [0.15, 0.2) is 0 Å². The molecule has 0 fully saturated rings.